The van der Waals surface area contributed by atoms with Crippen molar-refractivity contribution in [3.05, 3.63) is 35.5 Å². The summed E-state index contributed by atoms with van der Waals surface area (Å²) in [7, 11) is 1.62. The minimum absolute atomic E-state index is 0.0536. The Morgan fingerprint density at radius 1 is 1.40 bits per heavy atom. The number of rotatable bonds is 9. The zero-order valence-electron chi connectivity index (χ0n) is 14.8. The topological polar surface area (TPSA) is 87.2 Å². The zero-order chi connectivity index (χ0) is 18.2. The molecule has 7 heteroatoms. The van der Waals surface area contributed by atoms with E-state index in [2.05, 4.69) is 15.5 Å². The quantitative estimate of drug-likeness (QED) is 0.636. The fourth-order valence-electron chi connectivity index (χ4n) is 2.56. The molecule has 1 heterocycles. The third-order valence-corrected chi connectivity index (χ3v) is 4.67. The predicted molar refractivity (Wildman–Crippen MR) is 101 cm³/mol. The highest BCUT2D eigenvalue weighted by Gasteiger charge is 2.18. The van der Waals surface area contributed by atoms with Crippen molar-refractivity contribution in [3.63, 3.8) is 0 Å². The molecule has 6 nitrogen and oxygen atoms in total. The standard InChI is InChI=1S/C18H25N3O3S/c1-12-16(10-17(23)19-14(11-22)8-9-25-3)18(21-20-12)13-4-6-15(24-2)7-5-13/h4-7,14,22H,8-11H2,1-3H3,(H,19,23)(H,20,21)/t14-/m0/s1. The number of benzene rings is 1. The van der Waals surface area contributed by atoms with E-state index in [0.717, 1.165) is 40.4 Å². The first-order valence-electron chi connectivity index (χ1n) is 8.16. The molecule has 0 aliphatic carbocycles. The lowest BCUT2D eigenvalue weighted by Crippen LogP contribution is -2.38. The number of carbonyl (C=O) groups is 1. The smallest absolute Gasteiger partial charge is 0.224 e. The van der Waals surface area contributed by atoms with E-state index in [1.54, 1.807) is 18.9 Å². The molecule has 1 aromatic heterocycles. The molecule has 2 aromatic rings. The Bertz CT molecular complexity index is 685. The molecule has 0 saturated carbocycles. The highest BCUT2D eigenvalue weighted by molar-refractivity contribution is 7.98. The van der Waals surface area contributed by atoms with Crippen LogP contribution in [-0.4, -0.2) is 53.0 Å². The number of carbonyl (C=O) groups excluding carboxylic acids is 1. The maximum absolute atomic E-state index is 12.4. The van der Waals surface area contributed by atoms with Crippen LogP contribution in [0, 0.1) is 6.92 Å². The van der Waals surface area contributed by atoms with Crippen molar-refractivity contribution in [1.82, 2.24) is 15.5 Å². The van der Waals surface area contributed by atoms with Crippen molar-refractivity contribution < 1.29 is 14.6 Å². The lowest BCUT2D eigenvalue weighted by Gasteiger charge is -2.16. The highest BCUT2D eigenvalue weighted by Crippen LogP contribution is 2.26. The lowest BCUT2D eigenvalue weighted by atomic mass is 10.0. The van der Waals surface area contributed by atoms with Crippen LogP contribution in [0.1, 0.15) is 17.7 Å². The van der Waals surface area contributed by atoms with Gasteiger partial charge in [0.05, 0.1) is 31.9 Å². The number of thioether (sulfide) groups is 1. The Morgan fingerprint density at radius 2 is 2.12 bits per heavy atom. The molecular weight excluding hydrogens is 338 g/mol. The van der Waals surface area contributed by atoms with Gasteiger partial charge in [-0.3, -0.25) is 9.89 Å². The normalized spacial score (nSPS) is 12.0. The number of aromatic amines is 1. The molecule has 0 aliphatic rings. The summed E-state index contributed by atoms with van der Waals surface area (Å²) in [5.41, 5.74) is 3.42. The Hall–Kier alpha value is -1.99. The number of nitrogens with zero attached hydrogens (tertiary/aromatic N) is 1. The number of aromatic nitrogens is 2. The van der Waals surface area contributed by atoms with Gasteiger partial charge in [0.15, 0.2) is 0 Å². The summed E-state index contributed by atoms with van der Waals surface area (Å²) >= 11 is 1.70. The van der Waals surface area contributed by atoms with Crippen molar-refractivity contribution in [1.29, 1.82) is 0 Å². The minimum Gasteiger partial charge on any atom is -0.497 e. The molecule has 1 aromatic carbocycles. The van der Waals surface area contributed by atoms with E-state index >= 15 is 0 Å². The Morgan fingerprint density at radius 3 is 2.72 bits per heavy atom. The second-order valence-electron chi connectivity index (χ2n) is 5.81. The van der Waals surface area contributed by atoms with E-state index in [-0.39, 0.29) is 25.0 Å². The number of ether oxygens (including phenoxy) is 1. The molecule has 0 spiro atoms. The summed E-state index contributed by atoms with van der Waals surface area (Å²) in [6.45, 7) is 1.85. The van der Waals surface area contributed by atoms with Gasteiger partial charge in [0.1, 0.15) is 5.75 Å². The van der Waals surface area contributed by atoms with Gasteiger partial charge < -0.3 is 15.2 Å². The Balaban J connectivity index is 2.11. The first-order chi connectivity index (χ1) is 12.1. The van der Waals surface area contributed by atoms with E-state index < -0.39 is 0 Å². The summed E-state index contributed by atoms with van der Waals surface area (Å²) in [5, 5.41) is 19.6. The number of aliphatic hydroxyl groups is 1. The maximum Gasteiger partial charge on any atom is 0.224 e. The number of methoxy groups -OCH3 is 1. The summed E-state index contributed by atoms with van der Waals surface area (Å²) in [4.78, 5) is 12.4. The van der Waals surface area contributed by atoms with Crippen molar-refractivity contribution in [3.8, 4) is 17.0 Å². The molecule has 25 heavy (non-hydrogen) atoms. The third kappa shape index (κ3) is 5.24. The second-order valence-corrected chi connectivity index (χ2v) is 6.80. The Labute approximate surface area is 152 Å². The molecule has 136 valence electrons. The van der Waals surface area contributed by atoms with Crippen LogP contribution in [0.2, 0.25) is 0 Å². The van der Waals surface area contributed by atoms with Gasteiger partial charge in [0.2, 0.25) is 5.91 Å². The van der Waals surface area contributed by atoms with E-state index in [0.29, 0.717) is 0 Å². The van der Waals surface area contributed by atoms with Crippen LogP contribution < -0.4 is 10.1 Å². The van der Waals surface area contributed by atoms with Crippen LogP contribution in [0.3, 0.4) is 0 Å². The number of amides is 1. The molecule has 0 aliphatic heterocycles. The number of aryl methyl sites for hydroxylation is 1. The number of H-pyrrole nitrogens is 1. The van der Waals surface area contributed by atoms with Gasteiger partial charge >= 0.3 is 0 Å². The molecular formula is C18H25N3O3S. The van der Waals surface area contributed by atoms with Gasteiger partial charge in [-0.2, -0.15) is 16.9 Å². The summed E-state index contributed by atoms with van der Waals surface area (Å²) in [6, 6.07) is 7.37. The molecule has 0 radical (unpaired) electrons. The van der Waals surface area contributed by atoms with Crippen LogP contribution >= 0.6 is 11.8 Å². The average Bonchev–Trinajstić information content (AvgIpc) is 2.99. The number of nitrogens with one attached hydrogen (secondary N) is 2. The van der Waals surface area contributed by atoms with Gasteiger partial charge in [0.25, 0.3) is 0 Å². The van der Waals surface area contributed by atoms with Crippen molar-refractivity contribution in [2.75, 3.05) is 25.7 Å². The molecule has 0 unspecified atom stereocenters. The first kappa shape index (κ1) is 19.3. The molecule has 0 bridgehead atoms. The van der Waals surface area contributed by atoms with Crippen LogP contribution in [-0.2, 0) is 11.2 Å². The van der Waals surface area contributed by atoms with Crippen molar-refractivity contribution >= 4 is 17.7 Å². The van der Waals surface area contributed by atoms with E-state index in [9.17, 15) is 9.90 Å². The van der Waals surface area contributed by atoms with Gasteiger partial charge in [-0.1, -0.05) is 0 Å². The van der Waals surface area contributed by atoms with Crippen LogP contribution in [0.5, 0.6) is 5.75 Å². The first-order valence-corrected chi connectivity index (χ1v) is 9.55. The second kappa shape index (κ2) is 9.48. The van der Waals surface area contributed by atoms with E-state index in [4.69, 9.17) is 4.74 Å². The van der Waals surface area contributed by atoms with Crippen LogP contribution in [0.4, 0.5) is 0 Å². The molecule has 2 rings (SSSR count). The molecule has 1 atom stereocenters. The van der Waals surface area contributed by atoms with Gasteiger partial charge in [-0.15, -0.1) is 0 Å². The molecule has 0 saturated heterocycles. The fourth-order valence-corrected chi connectivity index (χ4v) is 3.08. The van der Waals surface area contributed by atoms with Crippen LogP contribution in [0.15, 0.2) is 24.3 Å². The predicted octanol–water partition coefficient (Wildman–Crippen LogP) is 2.17. The van der Waals surface area contributed by atoms with Gasteiger partial charge in [0, 0.05) is 16.8 Å². The molecule has 1 amide bonds. The number of hydrogen-bond donors (Lipinski definition) is 3. The summed E-state index contributed by atoms with van der Waals surface area (Å²) in [5.74, 6) is 1.56. The van der Waals surface area contributed by atoms with Crippen LogP contribution in [0.25, 0.3) is 11.3 Å². The zero-order valence-corrected chi connectivity index (χ0v) is 15.7. The Kier molecular flexibility index (Phi) is 7.33. The monoisotopic (exact) mass is 363 g/mol. The highest BCUT2D eigenvalue weighted by atomic mass is 32.2. The third-order valence-electron chi connectivity index (χ3n) is 4.03. The molecule has 0 fully saturated rings. The number of aliphatic hydroxyl groups excluding tert-OH is 1. The van der Waals surface area contributed by atoms with Crippen molar-refractivity contribution in [2.24, 2.45) is 0 Å². The van der Waals surface area contributed by atoms with Gasteiger partial charge in [-0.25, -0.2) is 0 Å². The van der Waals surface area contributed by atoms with E-state index in [1.165, 1.54) is 0 Å². The van der Waals surface area contributed by atoms with Gasteiger partial charge in [-0.05, 0) is 49.6 Å². The summed E-state index contributed by atoms with van der Waals surface area (Å²) in [6.07, 6.45) is 2.98. The van der Waals surface area contributed by atoms with E-state index in [1.807, 2.05) is 37.4 Å². The minimum atomic E-state index is -0.211. The summed E-state index contributed by atoms with van der Waals surface area (Å²) < 4.78 is 5.18. The lowest BCUT2D eigenvalue weighted by molar-refractivity contribution is -0.121. The molecule has 3 N–H and O–H groups in total. The number of hydrogen-bond acceptors (Lipinski definition) is 5. The van der Waals surface area contributed by atoms with Crippen molar-refractivity contribution in [2.45, 2.75) is 25.8 Å². The SMILES string of the molecule is COc1ccc(-c2n[nH]c(C)c2CC(=O)N[C@H](CO)CCSC)cc1. The maximum atomic E-state index is 12.4. The average molecular weight is 363 g/mol. The largest absolute Gasteiger partial charge is 0.497 e. The fraction of sp³-hybridized carbons (Fsp3) is 0.444.